The molecule has 3 aliphatic rings. The van der Waals surface area contributed by atoms with Crippen LogP contribution in [0.3, 0.4) is 0 Å². The second-order valence-electron chi connectivity index (χ2n) is 7.20. The number of benzene rings is 1. The Hall–Kier alpha value is -0.500. The van der Waals surface area contributed by atoms with Gasteiger partial charge in [0.1, 0.15) is 5.75 Å². The molecule has 1 nitrogen and oxygen atoms in total. The van der Waals surface area contributed by atoms with Crippen LogP contribution in [0.1, 0.15) is 43.5 Å². The zero-order valence-corrected chi connectivity index (χ0v) is 13.8. The van der Waals surface area contributed by atoms with Gasteiger partial charge in [0.2, 0.25) is 0 Å². The lowest BCUT2D eigenvalue weighted by molar-refractivity contribution is 0.242. The number of fused-ring (bicyclic) bond motifs is 5. The summed E-state index contributed by atoms with van der Waals surface area (Å²) in [6, 6.07) is 8.73. The summed E-state index contributed by atoms with van der Waals surface area (Å²) in [6.07, 6.45) is 4.79. The van der Waals surface area contributed by atoms with E-state index in [2.05, 4.69) is 54.0 Å². The van der Waals surface area contributed by atoms with Gasteiger partial charge >= 0.3 is 0 Å². The lowest BCUT2D eigenvalue weighted by atomic mass is 9.97. The van der Waals surface area contributed by atoms with E-state index in [-0.39, 0.29) is 6.10 Å². The largest absolute Gasteiger partial charge is 0.491 e. The van der Waals surface area contributed by atoms with Crippen molar-refractivity contribution in [3.05, 3.63) is 29.8 Å². The minimum absolute atomic E-state index is 0.249. The molecule has 0 aromatic heterocycles. The third-order valence-electron chi connectivity index (χ3n) is 5.70. The average Bonchev–Trinajstić information content (AvgIpc) is 2.86. The molecule has 2 bridgehead atoms. The highest BCUT2D eigenvalue weighted by Gasteiger charge is 2.66. The van der Waals surface area contributed by atoms with Crippen LogP contribution in [0.4, 0.5) is 0 Å². The van der Waals surface area contributed by atoms with Crippen LogP contribution >= 0.6 is 15.9 Å². The maximum absolute atomic E-state index is 5.73. The highest BCUT2D eigenvalue weighted by Crippen LogP contribution is 2.73. The van der Waals surface area contributed by atoms with Crippen LogP contribution in [-0.4, -0.2) is 6.10 Å². The summed E-state index contributed by atoms with van der Waals surface area (Å²) in [5.41, 5.74) is 1.43. The Balaban J connectivity index is 1.46. The Morgan fingerprint density at radius 3 is 2.20 bits per heavy atom. The van der Waals surface area contributed by atoms with Gasteiger partial charge in [-0.1, -0.05) is 28.1 Å². The molecule has 0 N–H and O–H groups in total. The van der Waals surface area contributed by atoms with Crippen LogP contribution in [0.5, 0.6) is 5.75 Å². The molecule has 5 atom stereocenters. The van der Waals surface area contributed by atoms with Crippen LogP contribution in [0.25, 0.3) is 0 Å². The van der Waals surface area contributed by atoms with Crippen LogP contribution in [-0.2, 0) is 0 Å². The number of hydrogen-bond donors (Lipinski definition) is 0. The molecule has 0 radical (unpaired) electrons. The van der Waals surface area contributed by atoms with E-state index in [1.807, 2.05) is 0 Å². The summed E-state index contributed by atoms with van der Waals surface area (Å²) in [7, 11) is 0. The van der Waals surface area contributed by atoms with Crippen LogP contribution < -0.4 is 4.74 Å². The van der Waals surface area contributed by atoms with Crippen molar-refractivity contribution in [2.75, 3.05) is 0 Å². The van der Waals surface area contributed by atoms with Gasteiger partial charge in [-0.05, 0) is 80.4 Å². The highest BCUT2D eigenvalue weighted by molar-refractivity contribution is 9.09. The molecule has 1 aromatic carbocycles. The smallest absolute Gasteiger partial charge is 0.119 e. The first-order valence-electron chi connectivity index (χ1n) is 8.06. The molecule has 0 amide bonds. The van der Waals surface area contributed by atoms with E-state index in [1.165, 1.54) is 24.8 Å². The third-order valence-corrected chi connectivity index (χ3v) is 6.84. The fourth-order valence-corrected chi connectivity index (χ4v) is 6.02. The van der Waals surface area contributed by atoms with E-state index < -0.39 is 0 Å². The summed E-state index contributed by atoms with van der Waals surface area (Å²) in [5.74, 6) is 6.06. The first-order chi connectivity index (χ1) is 9.65. The number of rotatable bonds is 4. The second kappa shape index (κ2) is 4.76. The van der Waals surface area contributed by atoms with Gasteiger partial charge in [0.15, 0.2) is 0 Å². The molecule has 4 rings (SSSR count). The Labute approximate surface area is 130 Å². The van der Waals surface area contributed by atoms with Crippen LogP contribution in [0.15, 0.2) is 24.3 Å². The van der Waals surface area contributed by atoms with Crippen molar-refractivity contribution in [2.45, 2.75) is 44.0 Å². The lowest BCUT2D eigenvalue weighted by Gasteiger charge is -2.16. The predicted molar refractivity (Wildman–Crippen MR) is 85.2 cm³/mol. The van der Waals surface area contributed by atoms with E-state index in [0.29, 0.717) is 4.83 Å². The first kappa shape index (κ1) is 13.2. The fourth-order valence-electron chi connectivity index (χ4n) is 5.01. The summed E-state index contributed by atoms with van der Waals surface area (Å²) in [4.78, 5) is 0.550. The molecule has 3 aliphatic carbocycles. The number of alkyl halides is 1. The van der Waals surface area contributed by atoms with Gasteiger partial charge < -0.3 is 4.74 Å². The van der Waals surface area contributed by atoms with Gasteiger partial charge in [0.25, 0.3) is 0 Å². The number of hydrogen-bond acceptors (Lipinski definition) is 1. The number of ether oxygens (including phenoxy) is 1. The summed E-state index contributed by atoms with van der Waals surface area (Å²) in [6.45, 7) is 4.14. The Morgan fingerprint density at radius 1 is 1.05 bits per heavy atom. The third kappa shape index (κ3) is 2.03. The molecule has 0 aliphatic heterocycles. The van der Waals surface area contributed by atoms with E-state index in [9.17, 15) is 0 Å². The zero-order chi connectivity index (χ0) is 13.9. The minimum Gasteiger partial charge on any atom is -0.491 e. The van der Waals surface area contributed by atoms with Gasteiger partial charge in [-0.15, -0.1) is 0 Å². The standard InChI is InChI=1S/C18H23BrO/c1-10(2)20-14-7-5-11(6-8-14)18(19)17-15-12-3-4-13(9-12)16(15)17/h5-8,10,12-13,15-18H,3-4,9H2,1-2H3. The quantitative estimate of drug-likeness (QED) is 0.687. The minimum atomic E-state index is 0.249. The molecule has 0 spiro atoms. The topological polar surface area (TPSA) is 9.23 Å². The first-order valence-corrected chi connectivity index (χ1v) is 8.97. The molecular weight excluding hydrogens is 312 g/mol. The van der Waals surface area contributed by atoms with Crippen molar-refractivity contribution in [3.8, 4) is 5.75 Å². The van der Waals surface area contributed by atoms with Gasteiger partial charge in [0, 0.05) is 4.83 Å². The molecule has 3 saturated carbocycles. The van der Waals surface area contributed by atoms with Crippen molar-refractivity contribution in [2.24, 2.45) is 29.6 Å². The van der Waals surface area contributed by atoms with Gasteiger partial charge in [-0.3, -0.25) is 0 Å². The Morgan fingerprint density at radius 2 is 1.65 bits per heavy atom. The average molecular weight is 335 g/mol. The normalized spacial score (nSPS) is 38.9. The highest BCUT2D eigenvalue weighted by atomic mass is 79.9. The van der Waals surface area contributed by atoms with Crippen molar-refractivity contribution in [3.63, 3.8) is 0 Å². The van der Waals surface area contributed by atoms with Crippen molar-refractivity contribution >= 4 is 15.9 Å². The Bertz CT molecular complexity index is 479. The zero-order valence-electron chi connectivity index (χ0n) is 12.3. The number of halogens is 1. The van der Waals surface area contributed by atoms with Crippen molar-refractivity contribution < 1.29 is 4.74 Å². The SMILES string of the molecule is CC(C)Oc1ccc(C(Br)C2C3C4CCC(C4)C32)cc1. The molecule has 2 heteroatoms. The second-order valence-corrected chi connectivity index (χ2v) is 8.19. The lowest BCUT2D eigenvalue weighted by Crippen LogP contribution is -2.06. The van der Waals surface area contributed by atoms with Crippen molar-refractivity contribution in [1.82, 2.24) is 0 Å². The molecule has 20 heavy (non-hydrogen) atoms. The van der Waals surface area contributed by atoms with E-state index >= 15 is 0 Å². The van der Waals surface area contributed by atoms with E-state index in [0.717, 1.165) is 35.3 Å². The molecule has 108 valence electrons. The fraction of sp³-hybridized carbons (Fsp3) is 0.667. The predicted octanol–water partition coefficient (Wildman–Crippen LogP) is 5.20. The van der Waals surface area contributed by atoms with Gasteiger partial charge in [0.05, 0.1) is 6.10 Å². The van der Waals surface area contributed by atoms with Crippen molar-refractivity contribution in [1.29, 1.82) is 0 Å². The van der Waals surface area contributed by atoms with Gasteiger partial charge in [-0.25, -0.2) is 0 Å². The molecular formula is C18H23BrO. The molecule has 1 aromatic rings. The molecule has 3 fully saturated rings. The maximum atomic E-state index is 5.73. The van der Waals surface area contributed by atoms with Crippen LogP contribution in [0.2, 0.25) is 0 Å². The maximum Gasteiger partial charge on any atom is 0.119 e. The monoisotopic (exact) mass is 334 g/mol. The summed E-state index contributed by atoms with van der Waals surface area (Å²) >= 11 is 3.99. The molecule has 5 unspecified atom stereocenters. The van der Waals surface area contributed by atoms with Crippen LogP contribution in [0, 0.1) is 29.6 Å². The van der Waals surface area contributed by atoms with Gasteiger partial charge in [-0.2, -0.15) is 0 Å². The van der Waals surface area contributed by atoms with E-state index in [4.69, 9.17) is 4.74 Å². The molecule has 0 saturated heterocycles. The van der Waals surface area contributed by atoms with E-state index in [1.54, 1.807) is 0 Å². The summed E-state index contributed by atoms with van der Waals surface area (Å²) < 4.78 is 5.73. The Kier molecular flexibility index (Phi) is 3.14. The summed E-state index contributed by atoms with van der Waals surface area (Å²) in [5, 5.41) is 0. The molecule has 0 heterocycles.